The number of hydrogen-bond donors (Lipinski definition) is 1. The van der Waals surface area contributed by atoms with Crippen LogP contribution in [-0.2, 0) is 16.0 Å². The number of hydrogen-bond acceptors (Lipinski definition) is 5. The number of carbonyl (C=O) groups is 1. The molecule has 1 atom stereocenters. The minimum absolute atomic E-state index is 0.121. The topological polar surface area (TPSA) is 51.2 Å². The van der Waals surface area contributed by atoms with E-state index < -0.39 is 0 Å². The first kappa shape index (κ1) is 14.3. The lowest BCUT2D eigenvalue weighted by Gasteiger charge is -2.19. The Morgan fingerprint density at radius 2 is 2.37 bits per heavy atom. The molecule has 0 saturated carbocycles. The van der Waals surface area contributed by atoms with Crippen LogP contribution in [0.3, 0.4) is 0 Å². The second kappa shape index (κ2) is 6.37. The molecule has 1 N–H and O–H groups in total. The van der Waals surface area contributed by atoms with Crippen molar-refractivity contribution in [2.75, 3.05) is 18.5 Å². The van der Waals surface area contributed by atoms with Gasteiger partial charge in [-0.25, -0.2) is 4.98 Å². The molecule has 1 aromatic heterocycles. The molecule has 1 heterocycles. The van der Waals surface area contributed by atoms with E-state index in [1.807, 2.05) is 6.92 Å². The standard InChI is InChI=1S/C14H22N2O2S/c1-4-18-13(17)10-6-5-7-11-12(10)16-14(19-11)15-8-9(2)3/h9-10H,4-8H2,1-3H3,(H,15,16). The van der Waals surface area contributed by atoms with E-state index in [4.69, 9.17) is 4.74 Å². The Morgan fingerprint density at radius 3 is 3.05 bits per heavy atom. The molecule has 0 saturated heterocycles. The monoisotopic (exact) mass is 282 g/mol. The van der Waals surface area contributed by atoms with Crippen molar-refractivity contribution in [2.45, 2.75) is 46.0 Å². The van der Waals surface area contributed by atoms with Crippen molar-refractivity contribution >= 4 is 22.4 Å². The molecular formula is C14H22N2O2S. The molecule has 106 valence electrons. The number of nitrogens with one attached hydrogen (secondary N) is 1. The van der Waals surface area contributed by atoms with E-state index in [1.165, 1.54) is 4.88 Å². The zero-order valence-electron chi connectivity index (χ0n) is 11.9. The highest BCUT2D eigenvalue weighted by molar-refractivity contribution is 7.15. The van der Waals surface area contributed by atoms with Gasteiger partial charge >= 0.3 is 5.97 Å². The number of nitrogens with zero attached hydrogens (tertiary/aromatic N) is 1. The van der Waals surface area contributed by atoms with Crippen LogP contribution in [0.2, 0.25) is 0 Å². The molecule has 19 heavy (non-hydrogen) atoms. The predicted molar refractivity (Wildman–Crippen MR) is 77.8 cm³/mol. The van der Waals surface area contributed by atoms with Gasteiger partial charge in [-0.05, 0) is 32.1 Å². The minimum atomic E-state index is -0.158. The van der Waals surface area contributed by atoms with Crippen molar-refractivity contribution in [3.8, 4) is 0 Å². The van der Waals surface area contributed by atoms with Crippen LogP contribution in [0.25, 0.3) is 0 Å². The molecule has 0 aliphatic heterocycles. The molecule has 0 bridgehead atoms. The highest BCUT2D eigenvalue weighted by Crippen LogP contribution is 2.37. The molecular weight excluding hydrogens is 260 g/mol. The summed E-state index contributed by atoms with van der Waals surface area (Å²) in [5.74, 6) is 0.306. The first-order chi connectivity index (χ1) is 9.11. The summed E-state index contributed by atoms with van der Waals surface area (Å²) in [6.45, 7) is 7.53. The lowest BCUT2D eigenvalue weighted by atomic mass is 9.91. The molecule has 1 aliphatic carbocycles. The fourth-order valence-corrected chi connectivity index (χ4v) is 3.33. The maximum atomic E-state index is 12.0. The first-order valence-corrected chi connectivity index (χ1v) is 7.83. The molecule has 1 aromatic rings. The second-order valence-electron chi connectivity index (χ2n) is 5.30. The van der Waals surface area contributed by atoms with E-state index in [0.29, 0.717) is 12.5 Å². The summed E-state index contributed by atoms with van der Waals surface area (Å²) in [7, 11) is 0. The second-order valence-corrected chi connectivity index (χ2v) is 6.38. The summed E-state index contributed by atoms with van der Waals surface area (Å²) < 4.78 is 5.15. The van der Waals surface area contributed by atoms with Gasteiger partial charge in [-0.1, -0.05) is 13.8 Å². The van der Waals surface area contributed by atoms with Crippen molar-refractivity contribution in [2.24, 2.45) is 5.92 Å². The molecule has 1 aliphatic rings. The van der Waals surface area contributed by atoms with Gasteiger partial charge in [0.25, 0.3) is 0 Å². The van der Waals surface area contributed by atoms with Gasteiger partial charge in [0.1, 0.15) is 5.92 Å². The van der Waals surface area contributed by atoms with E-state index in [9.17, 15) is 4.79 Å². The number of thiazole rings is 1. The van der Waals surface area contributed by atoms with Crippen molar-refractivity contribution in [3.05, 3.63) is 10.6 Å². The fourth-order valence-electron chi connectivity index (χ4n) is 2.26. The fraction of sp³-hybridized carbons (Fsp3) is 0.714. The number of carbonyl (C=O) groups excluding carboxylic acids is 1. The zero-order valence-corrected chi connectivity index (χ0v) is 12.7. The minimum Gasteiger partial charge on any atom is -0.465 e. The third-order valence-electron chi connectivity index (χ3n) is 3.19. The molecule has 0 radical (unpaired) electrons. The van der Waals surface area contributed by atoms with Gasteiger partial charge in [0, 0.05) is 11.4 Å². The Bertz CT molecular complexity index is 443. The van der Waals surface area contributed by atoms with Crippen LogP contribution in [0.15, 0.2) is 0 Å². The van der Waals surface area contributed by atoms with Gasteiger partial charge in [0.05, 0.1) is 12.3 Å². The Hall–Kier alpha value is -1.10. The number of fused-ring (bicyclic) bond motifs is 1. The largest absolute Gasteiger partial charge is 0.465 e. The Balaban J connectivity index is 2.12. The number of anilines is 1. The molecule has 5 heteroatoms. The van der Waals surface area contributed by atoms with Gasteiger partial charge in [-0.15, -0.1) is 11.3 Å². The molecule has 4 nitrogen and oxygen atoms in total. The maximum absolute atomic E-state index is 12.0. The van der Waals surface area contributed by atoms with Crippen LogP contribution < -0.4 is 5.32 Å². The van der Waals surface area contributed by atoms with Crippen molar-refractivity contribution in [1.29, 1.82) is 0 Å². The molecule has 2 rings (SSSR count). The lowest BCUT2D eigenvalue weighted by molar-refractivity contribution is -0.145. The Morgan fingerprint density at radius 1 is 1.58 bits per heavy atom. The third kappa shape index (κ3) is 3.47. The average molecular weight is 282 g/mol. The van der Waals surface area contributed by atoms with E-state index >= 15 is 0 Å². The highest BCUT2D eigenvalue weighted by atomic mass is 32.1. The van der Waals surface area contributed by atoms with E-state index in [1.54, 1.807) is 11.3 Å². The SMILES string of the molecule is CCOC(=O)C1CCCc2sc(NCC(C)C)nc21. The molecule has 0 aromatic carbocycles. The Labute approximate surface area is 118 Å². The number of esters is 1. The lowest BCUT2D eigenvalue weighted by Crippen LogP contribution is -2.20. The number of aryl methyl sites for hydroxylation is 1. The van der Waals surface area contributed by atoms with Crippen LogP contribution in [0.5, 0.6) is 0 Å². The summed E-state index contributed by atoms with van der Waals surface area (Å²) in [4.78, 5) is 17.8. The van der Waals surface area contributed by atoms with Gasteiger partial charge in [-0.3, -0.25) is 4.79 Å². The van der Waals surface area contributed by atoms with Crippen molar-refractivity contribution in [1.82, 2.24) is 4.98 Å². The van der Waals surface area contributed by atoms with Crippen molar-refractivity contribution in [3.63, 3.8) is 0 Å². The first-order valence-electron chi connectivity index (χ1n) is 7.02. The summed E-state index contributed by atoms with van der Waals surface area (Å²) >= 11 is 1.69. The normalized spacial score (nSPS) is 18.2. The summed E-state index contributed by atoms with van der Waals surface area (Å²) in [5, 5.41) is 4.29. The maximum Gasteiger partial charge on any atom is 0.315 e. The molecule has 0 spiro atoms. The summed E-state index contributed by atoms with van der Waals surface area (Å²) in [5.41, 5.74) is 0.945. The number of aromatic nitrogens is 1. The quantitative estimate of drug-likeness (QED) is 0.843. The van der Waals surface area contributed by atoms with Gasteiger partial charge < -0.3 is 10.1 Å². The molecule has 0 fully saturated rings. The average Bonchev–Trinajstić information content (AvgIpc) is 2.79. The van der Waals surface area contributed by atoms with Gasteiger partial charge in [0.15, 0.2) is 5.13 Å². The van der Waals surface area contributed by atoms with Crippen LogP contribution in [-0.4, -0.2) is 24.1 Å². The van der Waals surface area contributed by atoms with E-state index in [2.05, 4.69) is 24.1 Å². The highest BCUT2D eigenvalue weighted by Gasteiger charge is 2.31. The summed E-state index contributed by atoms with van der Waals surface area (Å²) in [6.07, 6.45) is 2.94. The molecule has 1 unspecified atom stereocenters. The van der Waals surface area contributed by atoms with Crippen LogP contribution in [0, 0.1) is 5.92 Å². The summed E-state index contributed by atoms with van der Waals surface area (Å²) in [6, 6.07) is 0. The Kier molecular flexibility index (Phi) is 4.80. The van der Waals surface area contributed by atoms with E-state index in [0.717, 1.165) is 36.6 Å². The zero-order chi connectivity index (χ0) is 13.8. The number of ether oxygens (including phenoxy) is 1. The predicted octanol–water partition coefficient (Wildman–Crippen LogP) is 3.19. The van der Waals surface area contributed by atoms with Gasteiger partial charge in [0.2, 0.25) is 0 Å². The van der Waals surface area contributed by atoms with E-state index in [-0.39, 0.29) is 11.9 Å². The van der Waals surface area contributed by atoms with Crippen molar-refractivity contribution < 1.29 is 9.53 Å². The van der Waals surface area contributed by atoms with Gasteiger partial charge in [-0.2, -0.15) is 0 Å². The number of rotatable bonds is 5. The van der Waals surface area contributed by atoms with Crippen LogP contribution in [0.1, 0.15) is 50.1 Å². The van der Waals surface area contributed by atoms with Crippen LogP contribution >= 0.6 is 11.3 Å². The smallest absolute Gasteiger partial charge is 0.315 e. The van der Waals surface area contributed by atoms with Crippen LogP contribution in [0.4, 0.5) is 5.13 Å². The molecule has 0 amide bonds. The third-order valence-corrected chi connectivity index (χ3v) is 4.28.